The van der Waals surface area contributed by atoms with Crippen LogP contribution in [-0.2, 0) is 6.54 Å². The van der Waals surface area contributed by atoms with Gasteiger partial charge in [-0.3, -0.25) is 4.90 Å². The fraction of sp³-hybridized carbons (Fsp3) is 0.316. The molecule has 130 valence electrons. The Labute approximate surface area is 155 Å². The number of likely N-dealkylation sites (tertiary alicyclic amines) is 1. The Morgan fingerprint density at radius 3 is 2.52 bits per heavy atom. The lowest BCUT2D eigenvalue weighted by atomic mass is 10.0. The van der Waals surface area contributed by atoms with Crippen molar-refractivity contribution in [3.63, 3.8) is 0 Å². The molecule has 3 aromatic rings. The number of H-pyrrole nitrogens is 2. The maximum Gasteiger partial charge on any atom is 0.323 e. The minimum atomic E-state index is -0.219. The van der Waals surface area contributed by atoms with E-state index < -0.39 is 0 Å². The van der Waals surface area contributed by atoms with Crippen LogP contribution in [0.25, 0.3) is 22.2 Å². The molecule has 2 heterocycles. The van der Waals surface area contributed by atoms with Crippen molar-refractivity contribution in [1.29, 1.82) is 0 Å². The van der Waals surface area contributed by atoms with Gasteiger partial charge in [0.25, 0.3) is 0 Å². The molecule has 4 nitrogen and oxygen atoms in total. The molecule has 2 aromatic carbocycles. The molecule has 1 fully saturated rings. The van der Waals surface area contributed by atoms with E-state index in [1.807, 2.05) is 30.3 Å². The molecule has 1 saturated heterocycles. The molecule has 1 aromatic heterocycles. The minimum Gasteiger partial charge on any atom is -0.306 e. The van der Waals surface area contributed by atoms with Crippen molar-refractivity contribution < 1.29 is 0 Å². The zero-order valence-corrected chi connectivity index (χ0v) is 15.3. The van der Waals surface area contributed by atoms with Gasteiger partial charge in [0.15, 0.2) is 0 Å². The molecule has 1 aliphatic heterocycles. The Kier molecular flexibility index (Phi) is 4.59. The zero-order valence-electron chi connectivity index (χ0n) is 13.7. The Morgan fingerprint density at radius 2 is 1.72 bits per heavy atom. The molecule has 0 amide bonds. The number of benzene rings is 2. The van der Waals surface area contributed by atoms with E-state index in [0.29, 0.717) is 10.0 Å². The van der Waals surface area contributed by atoms with Crippen molar-refractivity contribution in [2.75, 3.05) is 13.1 Å². The van der Waals surface area contributed by atoms with Crippen LogP contribution in [0.1, 0.15) is 24.8 Å². The normalized spacial score (nSPS) is 15.8. The standard InChI is InChI=1S/C19H19Cl2N3O/c20-14-6-4-13(11-24-8-2-1-3-9-24)18(21)17(14)12-5-7-15-16(10-12)23-19(25)22-15/h4-7,10H,1-3,8-9,11H2,(H2,22,23,25). The van der Waals surface area contributed by atoms with Crippen LogP contribution in [-0.4, -0.2) is 28.0 Å². The van der Waals surface area contributed by atoms with Gasteiger partial charge < -0.3 is 9.97 Å². The number of piperidine rings is 1. The quantitative estimate of drug-likeness (QED) is 0.689. The van der Waals surface area contributed by atoms with E-state index in [-0.39, 0.29) is 5.69 Å². The van der Waals surface area contributed by atoms with Gasteiger partial charge in [-0.2, -0.15) is 0 Å². The van der Waals surface area contributed by atoms with Gasteiger partial charge in [0.05, 0.1) is 16.1 Å². The lowest BCUT2D eigenvalue weighted by Crippen LogP contribution is -2.29. The smallest absolute Gasteiger partial charge is 0.306 e. The third kappa shape index (κ3) is 3.34. The van der Waals surface area contributed by atoms with E-state index in [2.05, 4.69) is 14.9 Å². The molecule has 0 saturated carbocycles. The summed E-state index contributed by atoms with van der Waals surface area (Å²) in [5.41, 5.74) is 4.11. The lowest BCUT2D eigenvalue weighted by Gasteiger charge is -2.27. The van der Waals surface area contributed by atoms with Crippen molar-refractivity contribution in [2.45, 2.75) is 25.8 Å². The average Bonchev–Trinajstić information content (AvgIpc) is 2.98. The van der Waals surface area contributed by atoms with E-state index in [0.717, 1.165) is 47.4 Å². The predicted molar refractivity (Wildman–Crippen MR) is 104 cm³/mol. The number of halogens is 2. The van der Waals surface area contributed by atoms with Gasteiger partial charge in [-0.1, -0.05) is 41.8 Å². The van der Waals surface area contributed by atoms with Crippen molar-refractivity contribution in [1.82, 2.24) is 14.9 Å². The Balaban J connectivity index is 1.74. The topological polar surface area (TPSA) is 51.9 Å². The average molecular weight is 376 g/mol. The highest BCUT2D eigenvalue weighted by Gasteiger charge is 2.17. The van der Waals surface area contributed by atoms with Crippen LogP contribution in [0.3, 0.4) is 0 Å². The number of rotatable bonds is 3. The number of aromatic amines is 2. The van der Waals surface area contributed by atoms with Crippen LogP contribution < -0.4 is 5.69 Å². The number of aromatic nitrogens is 2. The second kappa shape index (κ2) is 6.87. The number of imidazole rings is 1. The summed E-state index contributed by atoms with van der Waals surface area (Å²) >= 11 is 13.2. The van der Waals surface area contributed by atoms with Crippen LogP contribution in [0, 0.1) is 0 Å². The number of fused-ring (bicyclic) bond motifs is 1. The molecule has 0 aliphatic carbocycles. The number of nitrogens with zero attached hydrogens (tertiary/aromatic N) is 1. The highest BCUT2D eigenvalue weighted by molar-refractivity contribution is 6.39. The van der Waals surface area contributed by atoms with Crippen LogP contribution in [0.5, 0.6) is 0 Å². The van der Waals surface area contributed by atoms with Gasteiger partial charge in [-0.25, -0.2) is 4.79 Å². The largest absolute Gasteiger partial charge is 0.323 e. The maximum absolute atomic E-state index is 11.5. The third-order valence-electron chi connectivity index (χ3n) is 4.82. The molecule has 2 N–H and O–H groups in total. The summed E-state index contributed by atoms with van der Waals surface area (Å²) in [6.07, 6.45) is 3.80. The number of hydrogen-bond acceptors (Lipinski definition) is 2. The molecule has 25 heavy (non-hydrogen) atoms. The second-order valence-corrected chi connectivity index (χ2v) is 7.36. The summed E-state index contributed by atoms with van der Waals surface area (Å²) in [6, 6.07) is 9.63. The van der Waals surface area contributed by atoms with Gasteiger partial charge in [-0.05, 0) is 55.3 Å². The minimum absolute atomic E-state index is 0.219. The first kappa shape index (κ1) is 16.7. The molecular formula is C19H19Cl2N3O. The van der Waals surface area contributed by atoms with Gasteiger partial charge in [0.2, 0.25) is 0 Å². The summed E-state index contributed by atoms with van der Waals surface area (Å²) in [4.78, 5) is 19.4. The third-order valence-corrected chi connectivity index (χ3v) is 5.57. The van der Waals surface area contributed by atoms with Crippen LogP contribution in [0.2, 0.25) is 10.0 Å². The van der Waals surface area contributed by atoms with E-state index >= 15 is 0 Å². The monoisotopic (exact) mass is 375 g/mol. The molecule has 0 spiro atoms. The van der Waals surface area contributed by atoms with Crippen LogP contribution in [0.15, 0.2) is 35.1 Å². The molecule has 6 heteroatoms. The summed E-state index contributed by atoms with van der Waals surface area (Å²) in [6.45, 7) is 3.07. The summed E-state index contributed by atoms with van der Waals surface area (Å²) in [5, 5.41) is 1.31. The van der Waals surface area contributed by atoms with Crippen molar-refractivity contribution >= 4 is 34.2 Å². The molecule has 0 unspecified atom stereocenters. The molecule has 4 rings (SSSR count). The van der Waals surface area contributed by atoms with E-state index in [1.54, 1.807) is 0 Å². The molecule has 0 atom stereocenters. The molecule has 0 radical (unpaired) electrons. The Hall–Kier alpha value is -1.75. The lowest BCUT2D eigenvalue weighted by molar-refractivity contribution is 0.221. The first-order valence-corrected chi connectivity index (χ1v) is 9.29. The summed E-state index contributed by atoms with van der Waals surface area (Å²) < 4.78 is 0. The SMILES string of the molecule is O=c1[nH]c2ccc(-c3c(Cl)ccc(CN4CCCCC4)c3Cl)cc2[nH]1. The van der Waals surface area contributed by atoms with Gasteiger partial charge in [-0.15, -0.1) is 0 Å². The number of hydrogen-bond donors (Lipinski definition) is 2. The molecular weight excluding hydrogens is 357 g/mol. The molecule has 1 aliphatic rings. The van der Waals surface area contributed by atoms with Crippen molar-refractivity contribution in [2.24, 2.45) is 0 Å². The highest BCUT2D eigenvalue weighted by atomic mass is 35.5. The van der Waals surface area contributed by atoms with Crippen molar-refractivity contribution in [3.8, 4) is 11.1 Å². The summed E-state index contributed by atoms with van der Waals surface area (Å²) in [5.74, 6) is 0. The highest BCUT2D eigenvalue weighted by Crippen LogP contribution is 2.38. The summed E-state index contributed by atoms with van der Waals surface area (Å²) in [7, 11) is 0. The maximum atomic E-state index is 11.5. The van der Waals surface area contributed by atoms with Crippen LogP contribution in [0.4, 0.5) is 0 Å². The van der Waals surface area contributed by atoms with Gasteiger partial charge in [0, 0.05) is 17.1 Å². The second-order valence-electron chi connectivity index (χ2n) is 6.57. The fourth-order valence-corrected chi connectivity index (χ4v) is 4.18. The zero-order chi connectivity index (χ0) is 17.4. The Morgan fingerprint density at radius 1 is 0.960 bits per heavy atom. The fourth-order valence-electron chi connectivity index (χ4n) is 3.53. The number of nitrogens with one attached hydrogen (secondary N) is 2. The molecule has 0 bridgehead atoms. The van der Waals surface area contributed by atoms with E-state index in [9.17, 15) is 4.79 Å². The van der Waals surface area contributed by atoms with Gasteiger partial charge >= 0.3 is 5.69 Å². The first-order valence-electron chi connectivity index (χ1n) is 8.53. The first-order chi connectivity index (χ1) is 12.1. The van der Waals surface area contributed by atoms with E-state index in [4.69, 9.17) is 23.2 Å². The van der Waals surface area contributed by atoms with E-state index in [1.165, 1.54) is 19.3 Å². The van der Waals surface area contributed by atoms with Crippen LogP contribution >= 0.6 is 23.2 Å². The predicted octanol–water partition coefficient (Wildman–Crippen LogP) is 4.82. The van der Waals surface area contributed by atoms with Gasteiger partial charge in [0.1, 0.15) is 0 Å². The van der Waals surface area contributed by atoms with Crippen molar-refractivity contribution in [3.05, 3.63) is 56.4 Å². The Bertz CT molecular complexity index is 970.